The van der Waals surface area contributed by atoms with Crippen LogP contribution in [0.3, 0.4) is 0 Å². The first kappa shape index (κ1) is 14.3. The van der Waals surface area contributed by atoms with Crippen molar-refractivity contribution in [2.45, 2.75) is 32.8 Å². The average molecular weight is 265 g/mol. The van der Waals surface area contributed by atoms with Crippen LogP contribution in [0.4, 0.5) is 0 Å². The Balaban J connectivity index is 1.90. The molecule has 19 heavy (non-hydrogen) atoms. The lowest BCUT2D eigenvalue weighted by atomic mass is 9.96. The Bertz CT molecular complexity index is 460. The van der Waals surface area contributed by atoms with Crippen LogP contribution < -0.4 is 5.32 Å². The van der Waals surface area contributed by atoms with E-state index in [4.69, 9.17) is 9.15 Å². The lowest BCUT2D eigenvalue weighted by Gasteiger charge is -2.24. The molecule has 0 saturated heterocycles. The minimum absolute atomic E-state index is 0.490. The van der Waals surface area contributed by atoms with Gasteiger partial charge in [0.2, 0.25) is 0 Å². The van der Waals surface area contributed by atoms with Crippen LogP contribution in [0.15, 0.2) is 22.1 Å². The van der Waals surface area contributed by atoms with Crippen molar-refractivity contribution < 1.29 is 14.3 Å². The van der Waals surface area contributed by atoms with Gasteiger partial charge in [-0.3, -0.25) is 0 Å². The van der Waals surface area contributed by atoms with E-state index in [9.17, 15) is 5.11 Å². The predicted octanol–water partition coefficient (Wildman–Crippen LogP) is 2.04. The molecule has 0 aliphatic carbocycles. The van der Waals surface area contributed by atoms with Crippen molar-refractivity contribution in [3.63, 3.8) is 0 Å². The van der Waals surface area contributed by atoms with Gasteiger partial charge in [0.15, 0.2) is 0 Å². The van der Waals surface area contributed by atoms with Gasteiger partial charge in [0.05, 0.1) is 13.2 Å². The lowest BCUT2D eigenvalue weighted by molar-refractivity contribution is 0.0558. The van der Waals surface area contributed by atoms with E-state index in [1.165, 1.54) is 5.57 Å². The summed E-state index contributed by atoms with van der Waals surface area (Å²) < 4.78 is 10.9. The molecule has 0 fully saturated rings. The van der Waals surface area contributed by atoms with Crippen molar-refractivity contribution >= 4 is 0 Å². The first-order valence-electron chi connectivity index (χ1n) is 6.75. The molecule has 0 amide bonds. The number of furan rings is 1. The molecule has 0 aromatic carbocycles. The second-order valence-electron chi connectivity index (χ2n) is 5.41. The smallest absolute Gasteiger partial charge is 0.107 e. The average Bonchev–Trinajstić information content (AvgIpc) is 2.70. The van der Waals surface area contributed by atoms with Crippen LogP contribution >= 0.6 is 0 Å². The lowest BCUT2D eigenvalue weighted by Crippen LogP contribution is -2.37. The highest BCUT2D eigenvalue weighted by Crippen LogP contribution is 2.26. The molecule has 1 atom stereocenters. The van der Waals surface area contributed by atoms with Crippen molar-refractivity contribution in [1.82, 2.24) is 5.32 Å². The summed E-state index contributed by atoms with van der Waals surface area (Å²) in [5.41, 5.74) is 1.19. The standard InChI is InChI=1S/C15H23NO3/c1-11-7-14(12(2)19-11)15(3,17)10-16-8-13-5-4-6-18-9-13/h5,7,16-17H,4,6,8-10H2,1-3H3. The van der Waals surface area contributed by atoms with Gasteiger partial charge in [0.1, 0.15) is 17.1 Å². The second kappa shape index (κ2) is 5.90. The number of aryl methyl sites for hydroxylation is 2. The summed E-state index contributed by atoms with van der Waals surface area (Å²) in [6.45, 7) is 8.34. The van der Waals surface area contributed by atoms with Gasteiger partial charge in [-0.05, 0) is 38.8 Å². The maximum Gasteiger partial charge on any atom is 0.107 e. The normalized spacial score (nSPS) is 19.1. The van der Waals surface area contributed by atoms with E-state index in [1.807, 2.05) is 26.8 Å². The van der Waals surface area contributed by atoms with Crippen LogP contribution in [-0.2, 0) is 10.3 Å². The second-order valence-corrected chi connectivity index (χ2v) is 5.41. The largest absolute Gasteiger partial charge is 0.466 e. The van der Waals surface area contributed by atoms with E-state index in [2.05, 4.69) is 11.4 Å². The van der Waals surface area contributed by atoms with Gasteiger partial charge in [0, 0.05) is 18.7 Å². The summed E-state index contributed by atoms with van der Waals surface area (Å²) in [7, 11) is 0. The summed E-state index contributed by atoms with van der Waals surface area (Å²) in [6.07, 6.45) is 3.19. The molecule has 106 valence electrons. The van der Waals surface area contributed by atoms with Crippen molar-refractivity contribution in [3.05, 3.63) is 34.8 Å². The zero-order valence-electron chi connectivity index (χ0n) is 12.0. The van der Waals surface area contributed by atoms with Crippen molar-refractivity contribution in [1.29, 1.82) is 0 Å². The van der Waals surface area contributed by atoms with Gasteiger partial charge in [-0.15, -0.1) is 0 Å². The van der Waals surface area contributed by atoms with Crippen LogP contribution in [0.2, 0.25) is 0 Å². The molecule has 2 rings (SSSR count). The SMILES string of the molecule is Cc1cc(C(C)(O)CNCC2=CCCOC2)c(C)o1. The number of nitrogens with one attached hydrogen (secondary N) is 1. The van der Waals surface area contributed by atoms with Crippen molar-refractivity contribution in [2.75, 3.05) is 26.3 Å². The van der Waals surface area contributed by atoms with Crippen molar-refractivity contribution in [2.24, 2.45) is 0 Å². The third-order valence-electron chi connectivity index (χ3n) is 3.43. The van der Waals surface area contributed by atoms with Crippen LogP contribution in [0.25, 0.3) is 0 Å². The summed E-state index contributed by atoms with van der Waals surface area (Å²) in [5.74, 6) is 1.61. The third kappa shape index (κ3) is 3.69. The summed E-state index contributed by atoms with van der Waals surface area (Å²) >= 11 is 0. The molecule has 0 spiro atoms. The van der Waals surface area contributed by atoms with E-state index in [1.54, 1.807) is 0 Å². The van der Waals surface area contributed by atoms with Gasteiger partial charge < -0.3 is 19.6 Å². The molecule has 1 aromatic heterocycles. The molecule has 1 unspecified atom stereocenters. The minimum Gasteiger partial charge on any atom is -0.466 e. The maximum atomic E-state index is 10.5. The number of rotatable bonds is 5. The molecular weight excluding hydrogens is 242 g/mol. The highest BCUT2D eigenvalue weighted by molar-refractivity contribution is 5.27. The summed E-state index contributed by atoms with van der Waals surface area (Å²) in [6, 6.07) is 1.90. The topological polar surface area (TPSA) is 54.6 Å². The molecule has 2 N–H and O–H groups in total. The highest BCUT2D eigenvalue weighted by Gasteiger charge is 2.27. The Morgan fingerprint density at radius 1 is 1.42 bits per heavy atom. The van der Waals surface area contributed by atoms with Crippen LogP contribution in [0.1, 0.15) is 30.4 Å². The molecule has 0 bridgehead atoms. The Kier molecular flexibility index (Phi) is 4.45. The minimum atomic E-state index is -0.919. The molecular formula is C15H23NO3. The van der Waals surface area contributed by atoms with E-state index in [-0.39, 0.29) is 0 Å². The summed E-state index contributed by atoms with van der Waals surface area (Å²) in [4.78, 5) is 0. The fourth-order valence-corrected chi connectivity index (χ4v) is 2.46. The molecule has 1 aliphatic heterocycles. The molecule has 1 aromatic rings. The maximum absolute atomic E-state index is 10.5. The molecule has 1 aliphatic rings. The molecule has 4 nitrogen and oxygen atoms in total. The first-order chi connectivity index (χ1) is 8.99. The zero-order chi connectivity index (χ0) is 13.9. The Morgan fingerprint density at radius 2 is 2.21 bits per heavy atom. The van der Waals surface area contributed by atoms with Gasteiger partial charge in [0.25, 0.3) is 0 Å². The third-order valence-corrected chi connectivity index (χ3v) is 3.43. The Labute approximate surface area is 114 Å². The number of hydrogen-bond donors (Lipinski definition) is 2. The van der Waals surface area contributed by atoms with Gasteiger partial charge >= 0.3 is 0 Å². The van der Waals surface area contributed by atoms with Crippen molar-refractivity contribution in [3.8, 4) is 0 Å². The highest BCUT2D eigenvalue weighted by atomic mass is 16.5. The van der Waals surface area contributed by atoms with E-state index < -0.39 is 5.60 Å². The molecule has 4 heteroatoms. The van der Waals surface area contributed by atoms with E-state index in [0.717, 1.165) is 36.7 Å². The zero-order valence-corrected chi connectivity index (χ0v) is 12.0. The monoisotopic (exact) mass is 265 g/mol. The van der Waals surface area contributed by atoms with Gasteiger partial charge in [-0.2, -0.15) is 0 Å². The van der Waals surface area contributed by atoms with Gasteiger partial charge in [-0.25, -0.2) is 0 Å². The van der Waals surface area contributed by atoms with Crippen LogP contribution in [-0.4, -0.2) is 31.4 Å². The first-order valence-corrected chi connectivity index (χ1v) is 6.75. The Morgan fingerprint density at radius 3 is 2.79 bits per heavy atom. The molecule has 2 heterocycles. The fraction of sp³-hybridized carbons (Fsp3) is 0.600. The van der Waals surface area contributed by atoms with Crippen LogP contribution in [0.5, 0.6) is 0 Å². The van der Waals surface area contributed by atoms with Gasteiger partial charge in [-0.1, -0.05) is 6.08 Å². The number of hydrogen-bond acceptors (Lipinski definition) is 4. The fourth-order valence-electron chi connectivity index (χ4n) is 2.46. The molecule has 0 radical (unpaired) electrons. The number of ether oxygens (including phenoxy) is 1. The van der Waals surface area contributed by atoms with E-state index in [0.29, 0.717) is 13.2 Å². The van der Waals surface area contributed by atoms with Crippen LogP contribution in [0, 0.1) is 13.8 Å². The number of aliphatic hydroxyl groups is 1. The summed E-state index contributed by atoms with van der Waals surface area (Å²) in [5, 5.41) is 13.8. The quantitative estimate of drug-likeness (QED) is 0.800. The molecule has 0 saturated carbocycles. The van der Waals surface area contributed by atoms with E-state index >= 15 is 0 Å². The predicted molar refractivity (Wildman–Crippen MR) is 74.1 cm³/mol. The Hall–Kier alpha value is -1.10.